The van der Waals surface area contributed by atoms with Crippen molar-refractivity contribution in [1.82, 2.24) is 4.98 Å². The molecule has 1 heterocycles. The van der Waals surface area contributed by atoms with Crippen LogP contribution in [0.3, 0.4) is 0 Å². The van der Waals surface area contributed by atoms with Crippen molar-refractivity contribution in [3.63, 3.8) is 0 Å². The first-order valence-electron chi connectivity index (χ1n) is 5.69. The second-order valence-electron chi connectivity index (χ2n) is 3.60. The predicted molar refractivity (Wildman–Crippen MR) is 79.9 cm³/mol. The zero-order valence-corrected chi connectivity index (χ0v) is 12.6. The van der Waals surface area contributed by atoms with Crippen molar-refractivity contribution in [1.29, 1.82) is 0 Å². The molecule has 2 aromatic rings. The number of esters is 1. The lowest BCUT2D eigenvalue weighted by Crippen LogP contribution is -2.06. The molecule has 1 aromatic heterocycles. The van der Waals surface area contributed by atoms with Gasteiger partial charge in [0.1, 0.15) is 0 Å². The summed E-state index contributed by atoms with van der Waals surface area (Å²) in [6.45, 7) is 2.21. The van der Waals surface area contributed by atoms with Crippen molar-refractivity contribution in [3.8, 4) is 11.3 Å². The number of hydrogen-bond acceptors (Lipinski definition) is 5. The van der Waals surface area contributed by atoms with Crippen molar-refractivity contribution < 1.29 is 9.53 Å². The Hall–Kier alpha value is -1.04. The van der Waals surface area contributed by atoms with Crippen LogP contribution >= 0.6 is 34.7 Å². The summed E-state index contributed by atoms with van der Waals surface area (Å²) in [4.78, 5) is 15.7. The molecule has 0 amide bonds. The molecule has 0 radical (unpaired) electrons. The Morgan fingerprint density at radius 3 is 2.84 bits per heavy atom. The lowest BCUT2D eigenvalue weighted by Gasteiger charge is -1.99. The number of benzene rings is 1. The Kier molecular flexibility index (Phi) is 5.24. The molecule has 0 saturated carbocycles. The van der Waals surface area contributed by atoms with Crippen LogP contribution in [0.25, 0.3) is 11.3 Å². The van der Waals surface area contributed by atoms with Crippen LogP contribution in [0.4, 0.5) is 0 Å². The van der Waals surface area contributed by atoms with Gasteiger partial charge in [-0.1, -0.05) is 35.5 Å². The molecule has 19 heavy (non-hydrogen) atoms. The summed E-state index contributed by atoms with van der Waals surface area (Å²) in [7, 11) is 0. The quantitative estimate of drug-likeness (QED) is 0.615. The number of nitrogens with zero attached hydrogens (tertiary/aromatic N) is 1. The predicted octanol–water partition coefficient (Wildman–Crippen LogP) is 4.12. The Balaban J connectivity index is 1.99. The fraction of sp³-hybridized carbons (Fsp3) is 0.231. The van der Waals surface area contributed by atoms with Crippen molar-refractivity contribution in [2.24, 2.45) is 0 Å². The molecule has 1 aromatic carbocycles. The zero-order valence-electron chi connectivity index (χ0n) is 10.3. The second kappa shape index (κ2) is 6.93. The maximum Gasteiger partial charge on any atom is 0.316 e. The number of thioether (sulfide) groups is 1. The normalized spacial score (nSPS) is 10.4. The third kappa shape index (κ3) is 4.23. The van der Waals surface area contributed by atoms with Gasteiger partial charge in [0.15, 0.2) is 4.34 Å². The van der Waals surface area contributed by atoms with Crippen LogP contribution in [-0.2, 0) is 9.53 Å². The van der Waals surface area contributed by atoms with Crippen LogP contribution in [0.5, 0.6) is 0 Å². The monoisotopic (exact) mass is 313 g/mol. The molecule has 0 saturated heterocycles. The molecule has 0 spiro atoms. The first-order chi connectivity index (χ1) is 9.19. The van der Waals surface area contributed by atoms with E-state index in [4.69, 9.17) is 16.3 Å². The van der Waals surface area contributed by atoms with E-state index in [2.05, 4.69) is 4.98 Å². The van der Waals surface area contributed by atoms with E-state index in [9.17, 15) is 4.79 Å². The zero-order chi connectivity index (χ0) is 13.7. The van der Waals surface area contributed by atoms with E-state index in [0.717, 1.165) is 15.6 Å². The Morgan fingerprint density at radius 1 is 1.42 bits per heavy atom. The van der Waals surface area contributed by atoms with Crippen molar-refractivity contribution in [2.45, 2.75) is 11.3 Å². The molecule has 0 aliphatic heterocycles. The molecular weight excluding hydrogens is 302 g/mol. The first kappa shape index (κ1) is 14.4. The van der Waals surface area contributed by atoms with Gasteiger partial charge in [-0.3, -0.25) is 4.79 Å². The molecular formula is C13H12ClNO2S2. The Morgan fingerprint density at radius 2 is 2.16 bits per heavy atom. The van der Waals surface area contributed by atoms with Gasteiger partial charge in [-0.2, -0.15) is 0 Å². The molecule has 0 aliphatic carbocycles. The van der Waals surface area contributed by atoms with Gasteiger partial charge in [-0.15, -0.1) is 11.3 Å². The highest BCUT2D eigenvalue weighted by Gasteiger charge is 2.08. The summed E-state index contributed by atoms with van der Waals surface area (Å²) in [5.74, 6) is 0.0808. The third-order valence-electron chi connectivity index (χ3n) is 2.24. The van der Waals surface area contributed by atoms with Crippen molar-refractivity contribution >= 4 is 40.7 Å². The maximum atomic E-state index is 11.2. The topological polar surface area (TPSA) is 39.2 Å². The molecule has 6 heteroatoms. The van der Waals surface area contributed by atoms with E-state index in [1.807, 2.05) is 29.6 Å². The minimum absolute atomic E-state index is 0.212. The fourth-order valence-corrected chi connectivity index (χ4v) is 3.16. The number of ether oxygens (including phenoxy) is 1. The van der Waals surface area contributed by atoms with Gasteiger partial charge in [0.05, 0.1) is 18.1 Å². The molecule has 100 valence electrons. The summed E-state index contributed by atoms with van der Waals surface area (Å²) in [6, 6.07) is 7.53. The van der Waals surface area contributed by atoms with E-state index in [1.54, 1.807) is 6.92 Å². The third-order valence-corrected chi connectivity index (χ3v) is 4.49. The van der Waals surface area contributed by atoms with E-state index < -0.39 is 0 Å². The second-order valence-corrected chi connectivity index (χ2v) is 6.12. The van der Waals surface area contributed by atoms with Crippen LogP contribution in [0.15, 0.2) is 34.0 Å². The number of rotatable bonds is 5. The number of carbonyl (C=O) groups excluding carboxylic acids is 1. The van der Waals surface area contributed by atoms with Gasteiger partial charge in [0.2, 0.25) is 0 Å². The summed E-state index contributed by atoms with van der Waals surface area (Å²) < 4.78 is 5.73. The minimum Gasteiger partial charge on any atom is -0.465 e. The first-order valence-corrected chi connectivity index (χ1v) is 7.93. The van der Waals surface area contributed by atoms with Crippen molar-refractivity contribution in [3.05, 3.63) is 34.7 Å². The smallest absolute Gasteiger partial charge is 0.316 e. The van der Waals surface area contributed by atoms with Gasteiger partial charge < -0.3 is 4.74 Å². The van der Waals surface area contributed by atoms with E-state index in [0.29, 0.717) is 17.4 Å². The Bertz CT molecular complexity index is 554. The molecule has 0 N–H and O–H groups in total. The molecule has 0 unspecified atom stereocenters. The number of thiazole rings is 1. The lowest BCUT2D eigenvalue weighted by atomic mass is 10.2. The Labute approximate surface area is 125 Å². The summed E-state index contributed by atoms with van der Waals surface area (Å²) >= 11 is 8.76. The average molecular weight is 314 g/mol. The highest BCUT2D eigenvalue weighted by molar-refractivity contribution is 8.01. The number of aromatic nitrogens is 1. The van der Waals surface area contributed by atoms with E-state index in [-0.39, 0.29) is 5.97 Å². The summed E-state index contributed by atoms with van der Waals surface area (Å²) in [5.41, 5.74) is 1.91. The highest BCUT2D eigenvalue weighted by atomic mass is 35.5. The standard InChI is InChI=1S/C13H12ClNO2S2/c1-2-17-12(16)8-19-13-15-11(7-18-13)9-3-5-10(14)6-4-9/h3-7H,2,8H2,1H3. The van der Waals surface area contributed by atoms with Crippen LogP contribution in [0.2, 0.25) is 5.02 Å². The van der Waals surface area contributed by atoms with Crippen molar-refractivity contribution in [2.75, 3.05) is 12.4 Å². The number of hydrogen-bond donors (Lipinski definition) is 0. The van der Waals surface area contributed by atoms with Crippen LogP contribution in [0, 0.1) is 0 Å². The van der Waals surface area contributed by atoms with E-state index >= 15 is 0 Å². The van der Waals surface area contributed by atoms with Crippen LogP contribution in [0.1, 0.15) is 6.92 Å². The van der Waals surface area contributed by atoms with Gasteiger partial charge in [0.25, 0.3) is 0 Å². The number of halogens is 1. The molecule has 0 fully saturated rings. The summed E-state index contributed by atoms with van der Waals surface area (Å²) in [5, 5.41) is 2.67. The SMILES string of the molecule is CCOC(=O)CSc1nc(-c2ccc(Cl)cc2)cs1. The van der Waals surface area contributed by atoms with Gasteiger partial charge >= 0.3 is 5.97 Å². The number of carbonyl (C=O) groups is 1. The highest BCUT2D eigenvalue weighted by Crippen LogP contribution is 2.28. The fourth-order valence-electron chi connectivity index (χ4n) is 1.40. The van der Waals surface area contributed by atoms with E-state index in [1.165, 1.54) is 23.1 Å². The molecule has 3 nitrogen and oxygen atoms in total. The van der Waals surface area contributed by atoms with Gasteiger partial charge in [-0.05, 0) is 19.1 Å². The largest absolute Gasteiger partial charge is 0.465 e. The molecule has 0 atom stereocenters. The van der Waals surface area contributed by atoms with Crippen LogP contribution < -0.4 is 0 Å². The minimum atomic E-state index is -0.212. The van der Waals surface area contributed by atoms with Gasteiger partial charge in [0, 0.05) is 16.0 Å². The molecule has 0 bridgehead atoms. The van der Waals surface area contributed by atoms with Crippen LogP contribution in [-0.4, -0.2) is 23.3 Å². The van der Waals surface area contributed by atoms with Gasteiger partial charge in [-0.25, -0.2) is 4.98 Å². The summed E-state index contributed by atoms with van der Waals surface area (Å²) in [6.07, 6.45) is 0. The molecule has 0 aliphatic rings. The lowest BCUT2D eigenvalue weighted by molar-refractivity contribution is -0.139. The molecule has 2 rings (SSSR count). The average Bonchev–Trinajstić information content (AvgIpc) is 2.86. The maximum absolute atomic E-state index is 11.2.